The second-order valence-corrected chi connectivity index (χ2v) is 11.0. The molecule has 3 saturated carbocycles. The number of hydrogen-bond donors (Lipinski definition) is 2. The molecule has 29 heavy (non-hydrogen) atoms. The Hall–Kier alpha value is -0.860. The Balaban J connectivity index is 1.68. The Labute approximate surface area is 179 Å². The first kappa shape index (κ1) is 22.8. The largest absolute Gasteiger partial charge is 0.388 e. The van der Waals surface area contributed by atoms with Gasteiger partial charge in [0.1, 0.15) is 0 Å². The molecule has 0 amide bonds. The highest BCUT2D eigenvalue weighted by molar-refractivity contribution is 5.29. The van der Waals surface area contributed by atoms with E-state index in [4.69, 9.17) is 0 Å². The van der Waals surface area contributed by atoms with Crippen LogP contribution in [-0.4, -0.2) is 22.4 Å². The van der Waals surface area contributed by atoms with Gasteiger partial charge in [0.25, 0.3) is 0 Å². The molecule has 2 nitrogen and oxygen atoms in total. The van der Waals surface area contributed by atoms with Crippen LogP contribution in [0.15, 0.2) is 35.5 Å². The molecule has 0 aromatic heterocycles. The van der Waals surface area contributed by atoms with Gasteiger partial charge in [-0.3, -0.25) is 0 Å². The van der Waals surface area contributed by atoms with Crippen molar-refractivity contribution in [2.75, 3.05) is 0 Å². The van der Waals surface area contributed by atoms with Crippen molar-refractivity contribution in [3.05, 3.63) is 35.5 Å². The van der Waals surface area contributed by atoms with Crippen LogP contribution < -0.4 is 0 Å². The molecule has 2 N–H and O–H groups in total. The summed E-state index contributed by atoms with van der Waals surface area (Å²) in [7, 11) is 0. The molecule has 0 aromatic rings. The first-order valence-electron chi connectivity index (χ1n) is 12.2. The summed E-state index contributed by atoms with van der Waals surface area (Å²) in [4.78, 5) is 0. The van der Waals surface area contributed by atoms with E-state index in [-0.39, 0.29) is 0 Å². The summed E-state index contributed by atoms with van der Waals surface area (Å²) in [5.74, 6) is 3.23. The van der Waals surface area contributed by atoms with Gasteiger partial charge in [-0.05, 0) is 79.6 Å². The molecule has 3 aliphatic rings. The third-order valence-corrected chi connectivity index (χ3v) is 8.47. The Morgan fingerprint density at radius 2 is 1.76 bits per heavy atom. The Kier molecular flexibility index (Phi) is 7.49. The van der Waals surface area contributed by atoms with Crippen LogP contribution in [0.2, 0.25) is 0 Å². The highest BCUT2D eigenvalue weighted by Gasteiger charge is 2.50. The van der Waals surface area contributed by atoms with Gasteiger partial charge in [0, 0.05) is 0 Å². The van der Waals surface area contributed by atoms with E-state index in [1.807, 2.05) is 0 Å². The molecule has 2 unspecified atom stereocenters. The topological polar surface area (TPSA) is 40.5 Å². The minimum atomic E-state index is -0.595. The highest BCUT2D eigenvalue weighted by atomic mass is 16.3. The van der Waals surface area contributed by atoms with E-state index in [1.54, 1.807) is 5.57 Å². The predicted octanol–water partition coefficient (Wildman–Crippen LogP) is 6.59. The number of aliphatic hydroxyl groups is 2. The van der Waals surface area contributed by atoms with Gasteiger partial charge in [-0.25, -0.2) is 0 Å². The molecule has 164 valence electrons. The van der Waals surface area contributed by atoms with E-state index in [9.17, 15) is 10.2 Å². The molecule has 0 bridgehead atoms. The summed E-state index contributed by atoms with van der Waals surface area (Å²) < 4.78 is 0. The molecule has 3 aliphatic carbocycles. The van der Waals surface area contributed by atoms with Crippen molar-refractivity contribution in [2.45, 2.75) is 104 Å². The van der Waals surface area contributed by atoms with Crippen molar-refractivity contribution in [1.29, 1.82) is 0 Å². The molecule has 3 fully saturated rings. The molecule has 2 heteroatoms. The van der Waals surface area contributed by atoms with Crippen molar-refractivity contribution < 1.29 is 10.2 Å². The van der Waals surface area contributed by atoms with E-state index in [2.05, 4.69) is 46.4 Å². The predicted molar refractivity (Wildman–Crippen MR) is 123 cm³/mol. The lowest BCUT2D eigenvalue weighted by Crippen LogP contribution is -2.36. The quantitative estimate of drug-likeness (QED) is 0.494. The van der Waals surface area contributed by atoms with Crippen molar-refractivity contribution in [3.8, 4) is 0 Å². The molecule has 0 spiro atoms. The summed E-state index contributed by atoms with van der Waals surface area (Å²) >= 11 is 0. The molecular weight excluding hydrogens is 356 g/mol. The lowest BCUT2D eigenvalue weighted by molar-refractivity contribution is 0.0928. The first-order chi connectivity index (χ1) is 13.7. The minimum absolute atomic E-state index is 0.458. The van der Waals surface area contributed by atoms with E-state index in [1.165, 1.54) is 51.4 Å². The van der Waals surface area contributed by atoms with Gasteiger partial charge in [-0.15, -0.1) is 0 Å². The summed E-state index contributed by atoms with van der Waals surface area (Å²) in [6.07, 6.45) is 15.4. The maximum absolute atomic E-state index is 10.1. The highest BCUT2D eigenvalue weighted by Crippen LogP contribution is 2.59. The van der Waals surface area contributed by atoms with Crippen LogP contribution in [0.1, 0.15) is 91.9 Å². The summed E-state index contributed by atoms with van der Waals surface area (Å²) in [5.41, 5.74) is 3.81. The van der Waals surface area contributed by atoms with Gasteiger partial charge < -0.3 is 10.2 Å². The van der Waals surface area contributed by atoms with Crippen LogP contribution in [0, 0.1) is 29.1 Å². The van der Waals surface area contributed by atoms with E-state index < -0.39 is 12.2 Å². The third-order valence-electron chi connectivity index (χ3n) is 8.47. The zero-order valence-electron chi connectivity index (χ0n) is 19.3. The number of aliphatic hydroxyl groups excluding tert-OH is 2. The second-order valence-electron chi connectivity index (χ2n) is 11.0. The normalized spacial score (nSPS) is 37.8. The molecule has 0 aliphatic heterocycles. The molecule has 0 saturated heterocycles. The molecular formula is C27H44O2. The lowest BCUT2D eigenvalue weighted by Gasteiger charge is -2.44. The molecule has 0 radical (unpaired) electrons. The average molecular weight is 401 g/mol. The van der Waals surface area contributed by atoms with Crippen LogP contribution in [-0.2, 0) is 0 Å². The summed E-state index contributed by atoms with van der Waals surface area (Å²) in [6.45, 7) is 13.6. The van der Waals surface area contributed by atoms with E-state index in [0.29, 0.717) is 23.8 Å². The SMILES string of the molecule is C=C1[C@H](O)CC(=CC=C2CCC[C@@]3(C)C2CCC3[C@@H](C)CCCC(C)C)C[C@H]1O. The maximum Gasteiger partial charge on any atom is 0.0809 e. The Bertz CT molecular complexity index is 627. The van der Waals surface area contributed by atoms with Crippen LogP contribution in [0.5, 0.6) is 0 Å². The van der Waals surface area contributed by atoms with Crippen LogP contribution in [0.4, 0.5) is 0 Å². The van der Waals surface area contributed by atoms with Gasteiger partial charge in [-0.1, -0.05) is 76.8 Å². The zero-order valence-corrected chi connectivity index (χ0v) is 19.3. The molecule has 3 rings (SSSR count). The van der Waals surface area contributed by atoms with Crippen LogP contribution in [0.25, 0.3) is 0 Å². The summed E-state index contributed by atoms with van der Waals surface area (Å²) in [6, 6.07) is 0. The number of fused-ring (bicyclic) bond motifs is 1. The second kappa shape index (κ2) is 9.52. The fourth-order valence-electron chi connectivity index (χ4n) is 6.69. The smallest absolute Gasteiger partial charge is 0.0809 e. The fraction of sp³-hybridized carbons (Fsp3) is 0.778. The van der Waals surface area contributed by atoms with Crippen molar-refractivity contribution in [3.63, 3.8) is 0 Å². The Morgan fingerprint density at radius 3 is 2.41 bits per heavy atom. The molecule has 6 atom stereocenters. The zero-order chi connectivity index (χ0) is 21.2. The fourth-order valence-corrected chi connectivity index (χ4v) is 6.69. The van der Waals surface area contributed by atoms with Crippen molar-refractivity contribution >= 4 is 0 Å². The average Bonchev–Trinajstić information content (AvgIpc) is 3.01. The van der Waals surface area contributed by atoms with Crippen LogP contribution >= 0.6 is 0 Å². The van der Waals surface area contributed by atoms with E-state index in [0.717, 1.165) is 29.2 Å². The monoisotopic (exact) mass is 400 g/mol. The first-order valence-corrected chi connectivity index (χ1v) is 12.2. The lowest BCUT2D eigenvalue weighted by atomic mass is 9.60. The van der Waals surface area contributed by atoms with Crippen LogP contribution in [0.3, 0.4) is 0 Å². The van der Waals surface area contributed by atoms with Gasteiger partial charge in [0.15, 0.2) is 0 Å². The number of rotatable bonds is 6. The van der Waals surface area contributed by atoms with Gasteiger partial charge in [0.05, 0.1) is 12.2 Å². The number of hydrogen-bond acceptors (Lipinski definition) is 2. The third kappa shape index (κ3) is 5.07. The minimum Gasteiger partial charge on any atom is -0.388 e. The molecule has 0 aromatic carbocycles. The summed E-state index contributed by atoms with van der Waals surface area (Å²) in [5, 5.41) is 20.3. The van der Waals surface area contributed by atoms with Gasteiger partial charge in [0.2, 0.25) is 0 Å². The Morgan fingerprint density at radius 1 is 1.07 bits per heavy atom. The number of allylic oxidation sites excluding steroid dienone is 3. The standard InChI is InChI=1S/C27H44O2/c1-18(2)8-6-9-19(3)23-13-14-24-22(10-7-15-27(23,24)5)12-11-21-16-25(28)20(4)26(29)17-21/h11-12,18-19,23-26,28-29H,4,6-10,13-17H2,1-3,5H3/t19-,23?,24?,25+,26+,27+/m0/s1. The van der Waals surface area contributed by atoms with Gasteiger partial charge in [-0.2, -0.15) is 0 Å². The van der Waals surface area contributed by atoms with Gasteiger partial charge >= 0.3 is 0 Å². The van der Waals surface area contributed by atoms with E-state index >= 15 is 0 Å². The van der Waals surface area contributed by atoms with Crippen molar-refractivity contribution in [2.24, 2.45) is 29.1 Å². The maximum atomic E-state index is 10.1. The van der Waals surface area contributed by atoms with Crippen molar-refractivity contribution in [1.82, 2.24) is 0 Å². The molecule has 0 heterocycles.